The van der Waals surface area contributed by atoms with E-state index >= 15 is 0 Å². The third-order valence-electron chi connectivity index (χ3n) is 2.82. The Labute approximate surface area is 102 Å². The Morgan fingerprint density at radius 1 is 1.24 bits per heavy atom. The maximum Gasteiger partial charge on any atom is 0.250 e. The van der Waals surface area contributed by atoms with Gasteiger partial charge in [-0.05, 0) is 38.9 Å². The zero-order valence-corrected chi connectivity index (χ0v) is 10.5. The minimum absolute atomic E-state index is 0.0566. The highest BCUT2D eigenvalue weighted by molar-refractivity contribution is 4.93. The number of likely N-dealkylation sites (N-methyl/N-ethyl adjacent to an activating group) is 1. The second-order valence-corrected chi connectivity index (χ2v) is 4.32. The summed E-state index contributed by atoms with van der Waals surface area (Å²) >= 11 is 0. The molecule has 1 N–H and O–H groups in total. The van der Waals surface area contributed by atoms with Crippen molar-refractivity contribution >= 4 is 0 Å². The molecule has 0 aliphatic rings. The van der Waals surface area contributed by atoms with E-state index in [2.05, 4.69) is 11.9 Å². The first kappa shape index (κ1) is 13.9. The summed E-state index contributed by atoms with van der Waals surface area (Å²) in [4.78, 5) is 13.7. The number of rotatable bonds is 8. The van der Waals surface area contributed by atoms with Crippen molar-refractivity contribution in [1.82, 2.24) is 9.47 Å². The predicted octanol–water partition coefficient (Wildman–Crippen LogP) is 0.943. The van der Waals surface area contributed by atoms with Gasteiger partial charge in [-0.2, -0.15) is 0 Å². The van der Waals surface area contributed by atoms with Crippen molar-refractivity contribution < 1.29 is 5.11 Å². The van der Waals surface area contributed by atoms with Crippen LogP contribution in [0.5, 0.6) is 0 Å². The number of aliphatic hydroxyl groups excluding tert-OH is 1. The van der Waals surface area contributed by atoms with Crippen molar-refractivity contribution in [2.75, 3.05) is 26.7 Å². The molecule has 1 heterocycles. The molecule has 1 rings (SSSR count). The van der Waals surface area contributed by atoms with Gasteiger partial charge in [0.05, 0.1) is 0 Å². The molecule has 0 saturated carbocycles. The molecule has 4 heteroatoms. The molecule has 1 aromatic heterocycles. The average molecular weight is 238 g/mol. The number of aliphatic hydroxyl groups is 1. The Kier molecular flexibility index (Phi) is 6.58. The summed E-state index contributed by atoms with van der Waals surface area (Å²) in [5.41, 5.74) is 0.0566. The number of hydrogen-bond donors (Lipinski definition) is 1. The molecule has 0 radical (unpaired) electrons. The molecule has 0 aliphatic carbocycles. The van der Waals surface area contributed by atoms with Crippen LogP contribution in [0.1, 0.15) is 19.3 Å². The van der Waals surface area contributed by atoms with Crippen molar-refractivity contribution in [2.24, 2.45) is 0 Å². The molecule has 1 aromatic rings. The van der Waals surface area contributed by atoms with Gasteiger partial charge < -0.3 is 14.6 Å². The number of pyridine rings is 1. The van der Waals surface area contributed by atoms with Crippen LogP contribution in [0.4, 0.5) is 0 Å². The molecule has 0 amide bonds. The Bertz CT molecular complexity index is 362. The summed E-state index contributed by atoms with van der Waals surface area (Å²) in [6, 6.07) is 5.22. The second-order valence-electron chi connectivity index (χ2n) is 4.32. The van der Waals surface area contributed by atoms with Gasteiger partial charge in [0.2, 0.25) is 0 Å². The van der Waals surface area contributed by atoms with Crippen molar-refractivity contribution in [1.29, 1.82) is 0 Å². The lowest BCUT2D eigenvalue weighted by molar-refractivity contribution is 0.270. The molecule has 17 heavy (non-hydrogen) atoms. The lowest BCUT2D eigenvalue weighted by Crippen LogP contribution is -2.28. The molecule has 0 aromatic carbocycles. The minimum Gasteiger partial charge on any atom is -0.396 e. The van der Waals surface area contributed by atoms with Crippen LogP contribution in [-0.2, 0) is 6.54 Å². The molecule has 0 fully saturated rings. The summed E-state index contributed by atoms with van der Waals surface area (Å²) in [6.45, 7) is 2.91. The van der Waals surface area contributed by atoms with Gasteiger partial charge in [-0.1, -0.05) is 6.07 Å². The summed E-state index contributed by atoms with van der Waals surface area (Å²) in [5.74, 6) is 0. The van der Waals surface area contributed by atoms with E-state index in [0.717, 1.165) is 38.9 Å². The van der Waals surface area contributed by atoms with Gasteiger partial charge in [-0.15, -0.1) is 0 Å². The number of unbranched alkanes of at least 4 members (excludes halogenated alkanes) is 2. The maximum absolute atomic E-state index is 11.4. The molecule has 96 valence electrons. The van der Waals surface area contributed by atoms with Gasteiger partial charge in [0.15, 0.2) is 0 Å². The first-order chi connectivity index (χ1) is 8.24. The number of nitrogens with zero attached hydrogens (tertiary/aromatic N) is 2. The zero-order chi connectivity index (χ0) is 12.5. The monoisotopic (exact) mass is 238 g/mol. The van der Waals surface area contributed by atoms with Gasteiger partial charge in [0.25, 0.3) is 5.56 Å². The topological polar surface area (TPSA) is 45.5 Å². The molecular formula is C13H22N2O2. The fourth-order valence-electron chi connectivity index (χ4n) is 1.71. The van der Waals surface area contributed by atoms with Crippen LogP contribution in [0.2, 0.25) is 0 Å². The van der Waals surface area contributed by atoms with E-state index < -0.39 is 0 Å². The van der Waals surface area contributed by atoms with E-state index in [9.17, 15) is 4.79 Å². The Hall–Kier alpha value is -1.13. The van der Waals surface area contributed by atoms with Crippen LogP contribution in [0, 0.1) is 0 Å². The SMILES string of the molecule is CN(CCCCCO)CCn1ccccc1=O. The summed E-state index contributed by atoms with van der Waals surface area (Å²) < 4.78 is 1.73. The molecule has 4 nitrogen and oxygen atoms in total. The largest absolute Gasteiger partial charge is 0.396 e. The zero-order valence-electron chi connectivity index (χ0n) is 10.5. The fraction of sp³-hybridized carbons (Fsp3) is 0.615. The second kappa shape index (κ2) is 8.03. The highest BCUT2D eigenvalue weighted by atomic mass is 16.2. The van der Waals surface area contributed by atoms with E-state index in [1.165, 1.54) is 0 Å². The van der Waals surface area contributed by atoms with Gasteiger partial charge in [-0.3, -0.25) is 4.79 Å². The molecule has 0 saturated heterocycles. The molecular weight excluding hydrogens is 216 g/mol. The lowest BCUT2D eigenvalue weighted by Gasteiger charge is -2.16. The third-order valence-corrected chi connectivity index (χ3v) is 2.82. The van der Waals surface area contributed by atoms with E-state index in [1.54, 1.807) is 16.7 Å². The summed E-state index contributed by atoms with van der Waals surface area (Å²) in [6.07, 6.45) is 4.86. The van der Waals surface area contributed by atoms with Crippen LogP contribution in [0.25, 0.3) is 0 Å². The highest BCUT2D eigenvalue weighted by Crippen LogP contribution is 1.96. The summed E-state index contributed by atoms with van der Waals surface area (Å²) in [5, 5.41) is 8.66. The Balaban J connectivity index is 2.22. The van der Waals surface area contributed by atoms with Crippen LogP contribution in [-0.4, -0.2) is 41.3 Å². The molecule has 0 unspecified atom stereocenters. The Morgan fingerprint density at radius 2 is 2.06 bits per heavy atom. The van der Waals surface area contributed by atoms with Gasteiger partial charge in [0, 0.05) is 32.0 Å². The third kappa shape index (κ3) is 5.65. The van der Waals surface area contributed by atoms with E-state index in [1.807, 2.05) is 12.3 Å². The highest BCUT2D eigenvalue weighted by Gasteiger charge is 1.99. The molecule has 0 atom stereocenters. The van der Waals surface area contributed by atoms with Gasteiger partial charge >= 0.3 is 0 Å². The minimum atomic E-state index is 0.0566. The number of hydrogen-bond acceptors (Lipinski definition) is 3. The fourth-order valence-corrected chi connectivity index (χ4v) is 1.71. The van der Waals surface area contributed by atoms with Crippen molar-refractivity contribution in [3.63, 3.8) is 0 Å². The van der Waals surface area contributed by atoms with Crippen molar-refractivity contribution in [3.8, 4) is 0 Å². The summed E-state index contributed by atoms with van der Waals surface area (Å²) in [7, 11) is 2.06. The number of aromatic nitrogens is 1. The van der Waals surface area contributed by atoms with Gasteiger partial charge in [0.1, 0.15) is 0 Å². The van der Waals surface area contributed by atoms with E-state index in [0.29, 0.717) is 0 Å². The van der Waals surface area contributed by atoms with E-state index in [-0.39, 0.29) is 12.2 Å². The first-order valence-corrected chi connectivity index (χ1v) is 6.19. The normalized spacial score (nSPS) is 11.0. The molecule has 0 bridgehead atoms. The van der Waals surface area contributed by atoms with E-state index in [4.69, 9.17) is 5.11 Å². The van der Waals surface area contributed by atoms with Crippen molar-refractivity contribution in [2.45, 2.75) is 25.8 Å². The van der Waals surface area contributed by atoms with Crippen LogP contribution >= 0.6 is 0 Å². The standard InChI is InChI=1S/C13H22N2O2/c1-14(8-4-2-6-12-16)10-11-15-9-5-3-7-13(15)17/h3,5,7,9,16H,2,4,6,8,10-12H2,1H3. The Morgan fingerprint density at radius 3 is 2.76 bits per heavy atom. The maximum atomic E-state index is 11.4. The van der Waals surface area contributed by atoms with Crippen molar-refractivity contribution in [3.05, 3.63) is 34.7 Å². The smallest absolute Gasteiger partial charge is 0.250 e. The predicted molar refractivity (Wildman–Crippen MR) is 69.1 cm³/mol. The lowest BCUT2D eigenvalue weighted by atomic mass is 10.2. The van der Waals surface area contributed by atoms with Crippen LogP contribution < -0.4 is 5.56 Å². The molecule has 0 aliphatic heterocycles. The average Bonchev–Trinajstić information content (AvgIpc) is 2.34. The molecule has 0 spiro atoms. The van der Waals surface area contributed by atoms with Gasteiger partial charge in [-0.25, -0.2) is 0 Å². The van der Waals surface area contributed by atoms with Crippen LogP contribution in [0.15, 0.2) is 29.2 Å². The first-order valence-electron chi connectivity index (χ1n) is 6.19. The van der Waals surface area contributed by atoms with Crippen LogP contribution in [0.3, 0.4) is 0 Å². The quantitative estimate of drug-likeness (QED) is 0.686.